The van der Waals surface area contributed by atoms with Gasteiger partial charge in [0.2, 0.25) is 0 Å². The van der Waals surface area contributed by atoms with E-state index >= 15 is 0 Å². The molecule has 0 aromatic heterocycles. The number of carbonyl (C=O) groups is 3. The topological polar surface area (TPSA) is 75.7 Å². The molecule has 0 atom stereocenters. The van der Waals surface area contributed by atoms with Crippen LogP contribution in [0.5, 0.6) is 5.75 Å². The first kappa shape index (κ1) is 23.7. The Morgan fingerprint density at radius 1 is 1.03 bits per heavy atom. The molecule has 0 spiro atoms. The number of hydrogen-bond acceptors (Lipinski definition) is 4. The van der Waals surface area contributed by atoms with E-state index in [0.717, 1.165) is 26.1 Å². The maximum absolute atomic E-state index is 13.3. The van der Waals surface area contributed by atoms with Crippen LogP contribution in [0.2, 0.25) is 5.02 Å². The van der Waals surface area contributed by atoms with E-state index in [0.29, 0.717) is 22.0 Å². The summed E-state index contributed by atoms with van der Waals surface area (Å²) in [7, 11) is 0. The van der Waals surface area contributed by atoms with Crippen molar-refractivity contribution in [3.63, 3.8) is 0 Å². The molecule has 3 aromatic carbocycles. The Morgan fingerprint density at radius 3 is 2.56 bits per heavy atom. The van der Waals surface area contributed by atoms with Gasteiger partial charge in [-0.15, -0.1) is 0 Å². The number of anilines is 1. The van der Waals surface area contributed by atoms with Gasteiger partial charge < -0.3 is 4.74 Å². The summed E-state index contributed by atoms with van der Waals surface area (Å²) in [6.07, 6.45) is 1.43. The molecule has 1 fully saturated rings. The van der Waals surface area contributed by atoms with Crippen LogP contribution in [-0.4, -0.2) is 17.8 Å². The Hall–Kier alpha value is -3.42. The number of urea groups is 1. The summed E-state index contributed by atoms with van der Waals surface area (Å²) in [6.45, 7) is 3.86. The third-order valence-corrected chi connectivity index (χ3v) is 6.18. The Balaban J connectivity index is 1.71. The highest BCUT2D eigenvalue weighted by Crippen LogP contribution is 2.30. The van der Waals surface area contributed by atoms with Crippen LogP contribution in [0.1, 0.15) is 22.3 Å². The maximum atomic E-state index is 13.3. The number of carbonyl (C=O) groups excluding carboxylic acids is 3. The second-order valence-electron chi connectivity index (χ2n) is 7.81. The normalized spacial score (nSPS) is 15.0. The average molecular weight is 540 g/mol. The Kier molecular flexibility index (Phi) is 6.86. The molecule has 6 nitrogen and oxygen atoms in total. The fraction of sp³-hybridized carbons (Fsp3) is 0.115. The smallest absolute Gasteiger partial charge is 0.335 e. The van der Waals surface area contributed by atoms with E-state index in [1.54, 1.807) is 37.3 Å². The molecule has 3 aromatic rings. The molecule has 1 aliphatic heterocycles. The van der Waals surface area contributed by atoms with E-state index in [9.17, 15) is 14.4 Å². The molecule has 4 amide bonds. The number of hydrogen-bond donors (Lipinski definition) is 1. The fourth-order valence-corrected chi connectivity index (χ4v) is 4.10. The standard InChI is InChI=1S/C26H20BrClN2O4/c1-15-7-8-16(2)22(11-15)30-25(32)20(24(31)29-26(30)33)13-18-12-19(27)9-10-23(18)34-14-17-5-3-4-6-21(17)28/h3-13H,14H2,1-2H3,(H,29,31,33)/b20-13+. The van der Waals surface area contributed by atoms with Gasteiger partial charge in [-0.25, -0.2) is 9.69 Å². The number of imide groups is 2. The molecular weight excluding hydrogens is 520 g/mol. The van der Waals surface area contributed by atoms with Gasteiger partial charge in [-0.05, 0) is 61.4 Å². The van der Waals surface area contributed by atoms with E-state index in [1.807, 2.05) is 37.3 Å². The van der Waals surface area contributed by atoms with Gasteiger partial charge in [0, 0.05) is 20.6 Å². The van der Waals surface area contributed by atoms with Crippen molar-refractivity contribution in [1.29, 1.82) is 0 Å². The van der Waals surface area contributed by atoms with Crippen molar-refractivity contribution in [2.45, 2.75) is 20.5 Å². The SMILES string of the molecule is Cc1ccc(C)c(N2C(=O)NC(=O)/C(=C\c3cc(Br)ccc3OCc3ccccc3Cl)C2=O)c1. The van der Waals surface area contributed by atoms with E-state index in [1.165, 1.54) is 6.08 Å². The van der Waals surface area contributed by atoms with Crippen molar-refractivity contribution in [3.05, 3.63) is 98.0 Å². The third kappa shape index (κ3) is 4.90. The van der Waals surface area contributed by atoms with Gasteiger partial charge in [-0.3, -0.25) is 14.9 Å². The first-order valence-corrected chi connectivity index (χ1v) is 11.6. The lowest BCUT2D eigenvalue weighted by atomic mass is 10.0. The minimum Gasteiger partial charge on any atom is -0.488 e. The van der Waals surface area contributed by atoms with Crippen LogP contribution in [0.15, 0.2) is 70.7 Å². The molecule has 0 unspecified atom stereocenters. The summed E-state index contributed by atoms with van der Waals surface area (Å²) in [5, 5.41) is 2.84. The summed E-state index contributed by atoms with van der Waals surface area (Å²) in [5.74, 6) is -1.03. The number of nitrogens with one attached hydrogen (secondary N) is 1. The summed E-state index contributed by atoms with van der Waals surface area (Å²) >= 11 is 9.65. The summed E-state index contributed by atoms with van der Waals surface area (Å²) in [6, 6.07) is 17.2. The Morgan fingerprint density at radius 2 is 1.79 bits per heavy atom. The highest BCUT2D eigenvalue weighted by atomic mass is 79.9. The molecule has 1 aliphatic rings. The Bertz CT molecular complexity index is 1350. The van der Waals surface area contributed by atoms with E-state index in [-0.39, 0.29) is 12.2 Å². The number of nitrogens with zero attached hydrogens (tertiary/aromatic N) is 1. The van der Waals surface area contributed by atoms with Crippen LogP contribution in [0.3, 0.4) is 0 Å². The van der Waals surface area contributed by atoms with E-state index in [2.05, 4.69) is 21.2 Å². The predicted molar refractivity (Wildman–Crippen MR) is 135 cm³/mol. The predicted octanol–water partition coefficient (Wildman–Crippen LogP) is 5.96. The van der Waals surface area contributed by atoms with Gasteiger partial charge in [0.05, 0.1) is 5.69 Å². The number of barbiturate groups is 1. The minimum absolute atomic E-state index is 0.179. The lowest BCUT2D eigenvalue weighted by Gasteiger charge is -2.28. The highest BCUT2D eigenvalue weighted by Gasteiger charge is 2.37. The van der Waals surface area contributed by atoms with Crippen LogP contribution < -0.4 is 15.0 Å². The summed E-state index contributed by atoms with van der Waals surface area (Å²) in [4.78, 5) is 39.6. The van der Waals surface area contributed by atoms with E-state index < -0.39 is 17.8 Å². The van der Waals surface area contributed by atoms with Gasteiger partial charge in [0.1, 0.15) is 17.9 Å². The molecule has 4 rings (SSSR count). The number of rotatable bonds is 5. The average Bonchev–Trinajstić information content (AvgIpc) is 2.79. The zero-order chi connectivity index (χ0) is 24.4. The number of aryl methyl sites for hydroxylation is 2. The number of benzene rings is 3. The second kappa shape index (κ2) is 9.83. The van der Waals surface area contributed by atoms with Crippen molar-refractivity contribution in [2.24, 2.45) is 0 Å². The van der Waals surface area contributed by atoms with Crippen LogP contribution in [0.25, 0.3) is 6.08 Å². The van der Waals surface area contributed by atoms with Crippen LogP contribution in [0.4, 0.5) is 10.5 Å². The van der Waals surface area contributed by atoms with Gasteiger partial charge in [0.15, 0.2) is 0 Å². The first-order chi connectivity index (χ1) is 16.2. The third-order valence-electron chi connectivity index (χ3n) is 5.32. The molecule has 1 saturated heterocycles. The molecule has 1 heterocycles. The molecular formula is C26H20BrClN2O4. The molecule has 172 valence electrons. The highest BCUT2D eigenvalue weighted by molar-refractivity contribution is 9.10. The fourth-order valence-electron chi connectivity index (χ4n) is 3.53. The van der Waals surface area contributed by atoms with Crippen molar-refractivity contribution < 1.29 is 19.1 Å². The largest absolute Gasteiger partial charge is 0.488 e. The van der Waals surface area contributed by atoms with Crippen molar-refractivity contribution in [2.75, 3.05) is 4.90 Å². The zero-order valence-corrected chi connectivity index (χ0v) is 20.7. The molecule has 34 heavy (non-hydrogen) atoms. The van der Waals surface area contributed by atoms with Gasteiger partial charge >= 0.3 is 6.03 Å². The summed E-state index contributed by atoms with van der Waals surface area (Å²) in [5.41, 5.74) is 3.14. The van der Waals surface area contributed by atoms with Crippen molar-refractivity contribution in [1.82, 2.24) is 5.32 Å². The lowest BCUT2D eigenvalue weighted by Crippen LogP contribution is -2.54. The van der Waals surface area contributed by atoms with Gasteiger partial charge in [-0.2, -0.15) is 0 Å². The van der Waals surface area contributed by atoms with Crippen LogP contribution >= 0.6 is 27.5 Å². The first-order valence-electron chi connectivity index (χ1n) is 10.4. The molecule has 8 heteroatoms. The quantitative estimate of drug-likeness (QED) is 0.320. The van der Waals surface area contributed by atoms with Gasteiger partial charge in [0.25, 0.3) is 11.8 Å². The second-order valence-corrected chi connectivity index (χ2v) is 9.13. The minimum atomic E-state index is -0.787. The number of ether oxygens (including phenoxy) is 1. The maximum Gasteiger partial charge on any atom is 0.335 e. The monoisotopic (exact) mass is 538 g/mol. The molecule has 0 bridgehead atoms. The van der Waals surface area contributed by atoms with Crippen molar-refractivity contribution >= 4 is 57.1 Å². The molecule has 0 aliphatic carbocycles. The van der Waals surface area contributed by atoms with Gasteiger partial charge in [-0.1, -0.05) is 57.9 Å². The number of amides is 4. The van der Waals surface area contributed by atoms with Crippen LogP contribution in [-0.2, 0) is 16.2 Å². The summed E-state index contributed by atoms with van der Waals surface area (Å²) < 4.78 is 6.70. The van der Waals surface area contributed by atoms with Crippen molar-refractivity contribution in [3.8, 4) is 5.75 Å². The molecule has 1 N–H and O–H groups in total. The van der Waals surface area contributed by atoms with Crippen LogP contribution in [0, 0.1) is 13.8 Å². The lowest BCUT2D eigenvalue weighted by molar-refractivity contribution is -0.122. The Labute approximate surface area is 210 Å². The van der Waals surface area contributed by atoms with E-state index in [4.69, 9.17) is 16.3 Å². The zero-order valence-electron chi connectivity index (χ0n) is 18.4. The molecule has 0 saturated carbocycles. The molecule has 0 radical (unpaired) electrons. The number of halogens is 2.